The highest BCUT2D eigenvalue weighted by molar-refractivity contribution is 5.87. The fourth-order valence-electron chi connectivity index (χ4n) is 4.96. The fourth-order valence-corrected chi connectivity index (χ4v) is 4.96. The van der Waals surface area contributed by atoms with Crippen molar-refractivity contribution in [3.8, 4) is 0 Å². The molecule has 0 bridgehead atoms. The second-order valence-corrected chi connectivity index (χ2v) is 7.65. The third-order valence-electron chi connectivity index (χ3n) is 6.10. The van der Waals surface area contributed by atoms with E-state index < -0.39 is 0 Å². The van der Waals surface area contributed by atoms with Crippen molar-refractivity contribution in [1.29, 1.82) is 0 Å². The molecule has 130 valence electrons. The Morgan fingerprint density at radius 3 is 2.22 bits per heavy atom. The summed E-state index contributed by atoms with van der Waals surface area (Å²) in [6.45, 7) is 3.53. The fraction of sp³-hybridized carbons (Fsp3) is 0.889. The Morgan fingerprint density at radius 1 is 0.957 bits per heavy atom. The Balaban J connectivity index is 1.73. The van der Waals surface area contributed by atoms with Gasteiger partial charge in [0.2, 0.25) is 11.8 Å². The maximum atomic E-state index is 13.2. The van der Waals surface area contributed by atoms with E-state index in [1.807, 2.05) is 0 Å². The minimum atomic E-state index is -0.303. The Hall–Kier alpha value is -1.10. The van der Waals surface area contributed by atoms with Gasteiger partial charge in [-0.05, 0) is 58.0 Å². The number of nitrogens with one attached hydrogen (secondary N) is 1. The predicted octanol–water partition coefficient (Wildman–Crippen LogP) is 1.77. The van der Waals surface area contributed by atoms with Crippen LogP contribution in [0.2, 0.25) is 0 Å². The van der Waals surface area contributed by atoms with Gasteiger partial charge >= 0.3 is 0 Å². The number of carbonyl (C=O) groups is 2. The van der Waals surface area contributed by atoms with Crippen LogP contribution in [0.1, 0.15) is 58.3 Å². The number of likely N-dealkylation sites (N-methyl/N-ethyl adjacent to an activating group) is 1. The summed E-state index contributed by atoms with van der Waals surface area (Å²) in [6.07, 6.45) is 9.13. The first kappa shape index (κ1) is 16.7. The number of nitrogens with zero attached hydrogens (tertiary/aromatic N) is 2. The van der Waals surface area contributed by atoms with Gasteiger partial charge in [0.25, 0.3) is 0 Å². The molecule has 3 fully saturated rings. The van der Waals surface area contributed by atoms with Crippen LogP contribution in [0.5, 0.6) is 0 Å². The second-order valence-electron chi connectivity index (χ2n) is 7.65. The molecule has 0 unspecified atom stereocenters. The van der Waals surface area contributed by atoms with Crippen molar-refractivity contribution in [1.82, 2.24) is 15.1 Å². The second kappa shape index (κ2) is 7.20. The van der Waals surface area contributed by atoms with Gasteiger partial charge in [-0.1, -0.05) is 12.8 Å². The summed E-state index contributed by atoms with van der Waals surface area (Å²) in [4.78, 5) is 29.4. The van der Waals surface area contributed by atoms with Crippen LogP contribution in [-0.2, 0) is 9.59 Å². The number of likely N-dealkylation sites (tertiary alicyclic amines) is 2. The summed E-state index contributed by atoms with van der Waals surface area (Å²) in [5, 5.41) is 2.98. The van der Waals surface area contributed by atoms with Gasteiger partial charge in [0, 0.05) is 25.6 Å². The molecule has 2 aliphatic heterocycles. The average Bonchev–Trinajstić information content (AvgIpc) is 3.24. The molecule has 1 N–H and O–H groups in total. The van der Waals surface area contributed by atoms with Crippen molar-refractivity contribution in [2.75, 3.05) is 20.1 Å². The number of rotatable bonds is 4. The molecule has 3 aliphatic rings. The minimum Gasteiger partial charge on any atom is -0.344 e. The molecule has 0 aromatic heterocycles. The predicted molar refractivity (Wildman–Crippen MR) is 89.9 cm³/mol. The first-order chi connectivity index (χ1) is 11.1. The van der Waals surface area contributed by atoms with Crippen LogP contribution in [0.15, 0.2) is 0 Å². The molecule has 1 aliphatic carbocycles. The lowest BCUT2D eigenvalue weighted by Gasteiger charge is -2.36. The molecule has 0 aromatic carbocycles. The standard InChI is InChI=1S/C18H31N3O2/c1-13(22)19-17(14-7-3-4-8-14)18(23)21-12-6-10-16(21)15-9-5-11-20(15)2/h14-17H,3-12H2,1-2H3,(H,19,22)/t15-,16+,17-/m0/s1. The highest BCUT2D eigenvalue weighted by Crippen LogP contribution is 2.33. The SMILES string of the molecule is CC(=O)N[C@H](C(=O)N1CCC[C@@H]1[C@@H]1CCCN1C)C1CCCC1. The lowest BCUT2D eigenvalue weighted by atomic mass is 9.95. The first-order valence-corrected chi connectivity index (χ1v) is 9.35. The van der Waals surface area contributed by atoms with Crippen molar-refractivity contribution >= 4 is 11.8 Å². The maximum Gasteiger partial charge on any atom is 0.245 e. The molecule has 1 saturated carbocycles. The van der Waals surface area contributed by atoms with Gasteiger partial charge in [0.1, 0.15) is 6.04 Å². The topological polar surface area (TPSA) is 52.7 Å². The van der Waals surface area contributed by atoms with Crippen LogP contribution in [0, 0.1) is 5.92 Å². The van der Waals surface area contributed by atoms with Crippen LogP contribution >= 0.6 is 0 Å². The van der Waals surface area contributed by atoms with E-state index in [1.165, 1.54) is 32.6 Å². The normalized spacial score (nSPS) is 30.8. The van der Waals surface area contributed by atoms with E-state index in [0.717, 1.165) is 38.8 Å². The minimum absolute atomic E-state index is 0.0796. The summed E-state index contributed by atoms with van der Waals surface area (Å²) in [5.74, 6) is 0.424. The Morgan fingerprint density at radius 2 is 1.61 bits per heavy atom. The van der Waals surface area contributed by atoms with Crippen LogP contribution in [0.4, 0.5) is 0 Å². The van der Waals surface area contributed by atoms with E-state index in [9.17, 15) is 9.59 Å². The number of hydrogen-bond acceptors (Lipinski definition) is 3. The van der Waals surface area contributed by atoms with Crippen LogP contribution < -0.4 is 5.32 Å². The highest BCUT2D eigenvalue weighted by atomic mass is 16.2. The first-order valence-electron chi connectivity index (χ1n) is 9.35. The van der Waals surface area contributed by atoms with Crippen molar-refractivity contribution in [3.63, 3.8) is 0 Å². The lowest BCUT2D eigenvalue weighted by molar-refractivity contribution is -0.139. The molecular weight excluding hydrogens is 290 g/mol. The van der Waals surface area contributed by atoms with Gasteiger partial charge in [-0.25, -0.2) is 0 Å². The van der Waals surface area contributed by atoms with Gasteiger partial charge in [0.05, 0.1) is 0 Å². The third-order valence-corrected chi connectivity index (χ3v) is 6.10. The van der Waals surface area contributed by atoms with Gasteiger partial charge in [0.15, 0.2) is 0 Å². The zero-order valence-corrected chi connectivity index (χ0v) is 14.6. The van der Waals surface area contributed by atoms with Gasteiger partial charge < -0.3 is 15.1 Å². The number of hydrogen-bond donors (Lipinski definition) is 1. The summed E-state index contributed by atoms with van der Waals surface area (Å²) < 4.78 is 0. The van der Waals surface area contributed by atoms with E-state index in [1.54, 1.807) is 0 Å². The molecule has 5 heteroatoms. The lowest BCUT2D eigenvalue weighted by Crippen LogP contribution is -2.55. The maximum absolute atomic E-state index is 13.2. The number of amides is 2. The quantitative estimate of drug-likeness (QED) is 0.858. The molecule has 3 rings (SSSR count). The van der Waals surface area contributed by atoms with Crippen molar-refractivity contribution < 1.29 is 9.59 Å². The van der Waals surface area contributed by atoms with Crippen LogP contribution in [0.25, 0.3) is 0 Å². The van der Waals surface area contributed by atoms with Gasteiger partial charge in [-0.2, -0.15) is 0 Å². The van der Waals surface area contributed by atoms with E-state index in [4.69, 9.17) is 0 Å². The van der Waals surface area contributed by atoms with Gasteiger partial charge in [-0.15, -0.1) is 0 Å². The summed E-state index contributed by atoms with van der Waals surface area (Å²) in [5.41, 5.74) is 0. The molecule has 3 atom stereocenters. The zero-order chi connectivity index (χ0) is 16.4. The molecular formula is C18H31N3O2. The molecule has 2 heterocycles. The Bertz CT molecular complexity index is 448. The molecule has 2 saturated heterocycles. The smallest absolute Gasteiger partial charge is 0.245 e. The molecule has 0 radical (unpaired) electrons. The van der Waals surface area contributed by atoms with E-state index in [-0.39, 0.29) is 17.9 Å². The third kappa shape index (κ3) is 3.54. The molecule has 23 heavy (non-hydrogen) atoms. The molecule has 0 aromatic rings. The van der Waals surface area contributed by atoms with E-state index in [0.29, 0.717) is 18.0 Å². The largest absolute Gasteiger partial charge is 0.344 e. The summed E-state index contributed by atoms with van der Waals surface area (Å²) in [6, 6.07) is 0.540. The number of carbonyl (C=O) groups excluding carboxylic acids is 2. The zero-order valence-electron chi connectivity index (χ0n) is 14.6. The molecule has 2 amide bonds. The monoisotopic (exact) mass is 321 g/mol. The van der Waals surface area contributed by atoms with Crippen molar-refractivity contribution in [2.24, 2.45) is 5.92 Å². The summed E-state index contributed by atoms with van der Waals surface area (Å²) in [7, 11) is 2.18. The van der Waals surface area contributed by atoms with Crippen LogP contribution in [0.3, 0.4) is 0 Å². The molecule has 0 spiro atoms. The van der Waals surface area contributed by atoms with Gasteiger partial charge in [-0.3, -0.25) is 9.59 Å². The Kier molecular flexibility index (Phi) is 5.24. The van der Waals surface area contributed by atoms with Crippen LogP contribution in [-0.4, -0.2) is 59.9 Å². The van der Waals surface area contributed by atoms with Crippen molar-refractivity contribution in [3.05, 3.63) is 0 Å². The molecule has 5 nitrogen and oxygen atoms in total. The average molecular weight is 321 g/mol. The van der Waals surface area contributed by atoms with Crippen molar-refractivity contribution in [2.45, 2.75) is 76.4 Å². The highest BCUT2D eigenvalue weighted by Gasteiger charge is 2.42. The Labute approximate surface area is 139 Å². The van der Waals surface area contributed by atoms with E-state index >= 15 is 0 Å². The summed E-state index contributed by atoms with van der Waals surface area (Å²) >= 11 is 0. The van der Waals surface area contributed by atoms with E-state index in [2.05, 4.69) is 22.2 Å².